The quantitative estimate of drug-likeness (QED) is 0.320. The Balaban J connectivity index is 1.82. The number of carbonyl (C=O) groups excluding carboxylic acids is 1. The van der Waals surface area contributed by atoms with Crippen molar-refractivity contribution < 1.29 is 34.0 Å². The SMILES string of the molecule is O=C(OCCN[C@@H](Cc1ccc(O)c(O)c1)C(=O)O)c1ccc(F)cc1. The van der Waals surface area contributed by atoms with Gasteiger partial charge in [0, 0.05) is 6.54 Å². The van der Waals surface area contributed by atoms with Gasteiger partial charge in [-0.1, -0.05) is 6.07 Å². The molecule has 0 aliphatic rings. The van der Waals surface area contributed by atoms with Crippen molar-refractivity contribution in [2.75, 3.05) is 13.2 Å². The van der Waals surface area contributed by atoms with Crippen LogP contribution in [0.3, 0.4) is 0 Å². The van der Waals surface area contributed by atoms with E-state index in [0.717, 1.165) is 12.1 Å². The number of hydrogen-bond donors (Lipinski definition) is 4. The van der Waals surface area contributed by atoms with Crippen LogP contribution in [0.4, 0.5) is 4.39 Å². The summed E-state index contributed by atoms with van der Waals surface area (Å²) < 4.78 is 17.8. The number of aromatic hydroxyl groups is 2. The first-order chi connectivity index (χ1) is 12.4. The summed E-state index contributed by atoms with van der Waals surface area (Å²) in [6.45, 7) is 0.0226. The molecular formula is C18H18FNO6. The second-order valence-electron chi connectivity index (χ2n) is 5.51. The highest BCUT2D eigenvalue weighted by Crippen LogP contribution is 2.25. The van der Waals surface area contributed by atoms with E-state index in [1.54, 1.807) is 0 Å². The lowest BCUT2D eigenvalue weighted by atomic mass is 10.1. The minimum Gasteiger partial charge on any atom is -0.504 e. The van der Waals surface area contributed by atoms with E-state index >= 15 is 0 Å². The number of nitrogens with one attached hydrogen (secondary N) is 1. The first-order valence-corrected chi connectivity index (χ1v) is 7.76. The highest BCUT2D eigenvalue weighted by molar-refractivity contribution is 5.89. The van der Waals surface area contributed by atoms with Gasteiger partial charge in [-0.15, -0.1) is 0 Å². The Hall–Kier alpha value is -3.13. The van der Waals surface area contributed by atoms with E-state index in [-0.39, 0.29) is 36.6 Å². The maximum atomic E-state index is 12.8. The van der Waals surface area contributed by atoms with Crippen molar-refractivity contribution >= 4 is 11.9 Å². The van der Waals surface area contributed by atoms with Gasteiger partial charge in [-0.05, 0) is 48.4 Å². The zero-order valence-electron chi connectivity index (χ0n) is 13.7. The summed E-state index contributed by atoms with van der Waals surface area (Å²) in [4.78, 5) is 23.1. The Morgan fingerprint density at radius 1 is 1.08 bits per heavy atom. The summed E-state index contributed by atoms with van der Waals surface area (Å²) in [6.07, 6.45) is 0.0646. The van der Waals surface area contributed by atoms with Gasteiger partial charge in [0.05, 0.1) is 5.56 Å². The Morgan fingerprint density at radius 2 is 1.77 bits per heavy atom. The molecule has 26 heavy (non-hydrogen) atoms. The van der Waals surface area contributed by atoms with Gasteiger partial charge >= 0.3 is 11.9 Å². The topological polar surface area (TPSA) is 116 Å². The molecule has 0 unspecified atom stereocenters. The number of halogens is 1. The number of phenols is 2. The highest BCUT2D eigenvalue weighted by atomic mass is 19.1. The largest absolute Gasteiger partial charge is 0.504 e. The Morgan fingerprint density at radius 3 is 2.38 bits per heavy atom. The van der Waals surface area contributed by atoms with E-state index < -0.39 is 23.8 Å². The molecule has 2 rings (SSSR count). The number of carbonyl (C=O) groups is 2. The van der Waals surface area contributed by atoms with Gasteiger partial charge < -0.3 is 25.4 Å². The maximum Gasteiger partial charge on any atom is 0.338 e. The summed E-state index contributed by atoms with van der Waals surface area (Å²) in [5.74, 6) is -2.83. The summed E-state index contributed by atoms with van der Waals surface area (Å²) in [7, 11) is 0. The molecule has 0 heterocycles. The van der Waals surface area contributed by atoms with Crippen molar-refractivity contribution in [1.29, 1.82) is 0 Å². The van der Waals surface area contributed by atoms with Crippen molar-refractivity contribution in [2.24, 2.45) is 0 Å². The number of benzene rings is 2. The Labute approximate surface area is 148 Å². The predicted octanol–water partition coefficient (Wildman–Crippen LogP) is 1.68. The molecule has 0 aromatic heterocycles. The fraction of sp³-hybridized carbons (Fsp3) is 0.222. The van der Waals surface area contributed by atoms with Crippen LogP contribution in [0.15, 0.2) is 42.5 Å². The number of carboxylic acids is 1. The number of rotatable bonds is 8. The van der Waals surface area contributed by atoms with Crippen molar-refractivity contribution in [3.8, 4) is 11.5 Å². The standard InChI is InChI=1S/C18H18FNO6/c19-13-4-2-12(3-5-13)18(25)26-8-7-20-14(17(23)24)9-11-1-6-15(21)16(22)10-11/h1-6,10,14,20-22H,7-9H2,(H,23,24)/t14-/m0/s1. The average molecular weight is 363 g/mol. The monoisotopic (exact) mass is 363 g/mol. The van der Waals surface area contributed by atoms with Crippen LogP contribution in [0, 0.1) is 5.82 Å². The van der Waals surface area contributed by atoms with Crippen LogP contribution in [0.25, 0.3) is 0 Å². The third-order valence-corrected chi connectivity index (χ3v) is 3.58. The molecule has 2 aromatic carbocycles. The number of aliphatic carboxylic acids is 1. The molecule has 2 aromatic rings. The molecule has 0 fully saturated rings. The second-order valence-corrected chi connectivity index (χ2v) is 5.51. The molecule has 8 heteroatoms. The lowest BCUT2D eigenvalue weighted by Crippen LogP contribution is -2.40. The number of phenolic OH excluding ortho intramolecular Hbond substituents is 2. The predicted molar refractivity (Wildman–Crippen MR) is 89.6 cm³/mol. The van der Waals surface area contributed by atoms with Gasteiger partial charge in [-0.25, -0.2) is 9.18 Å². The highest BCUT2D eigenvalue weighted by Gasteiger charge is 2.18. The summed E-state index contributed by atoms with van der Waals surface area (Å²) in [6, 6.07) is 7.95. The molecule has 0 aliphatic heterocycles. The summed E-state index contributed by atoms with van der Waals surface area (Å²) in [5.41, 5.74) is 0.712. The minimum absolute atomic E-state index is 0.0646. The molecule has 4 N–H and O–H groups in total. The van der Waals surface area contributed by atoms with Crippen molar-refractivity contribution in [2.45, 2.75) is 12.5 Å². The van der Waals surface area contributed by atoms with E-state index in [1.165, 1.54) is 30.3 Å². The van der Waals surface area contributed by atoms with Gasteiger partial charge in [0.2, 0.25) is 0 Å². The first-order valence-electron chi connectivity index (χ1n) is 7.76. The lowest BCUT2D eigenvalue weighted by Gasteiger charge is -2.15. The smallest absolute Gasteiger partial charge is 0.338 e. The fourth-order valence-electron chi connectivity index (χ4n) is 2.22. The maximum absolute atomic E-state index is 12.8. The van der Waals surface area contributed by atoms with E-state index in [0.29, 0.717) is 5.56 Å². The second kappa shape index (κ2) is 8.82. The third-order valence-electron chi connectivity index (χ3n) is 3.58. The molecule has 0 radical (unpaired) electrons. The van der Waals surface area contributed by atoms with Crippen LogP contribution in [0.2, 0.25) is 0 Å². The van der Waals surface area contributed by atoms with Gasteiger partial charge in [-0.2, -0.15) is 0 Å². The molecule has 0 amide bonds. The summed E-state index contributed by atoms with van der Waals surface area (Å²) >= 11 is 0. The molecule has 7 nitrogen and oxygen atoms in total. The number of ether oxygens (including phenoxy) is 1. The molecule has 0 saturated heterocycles. The first kappa shape index (κ1) is 19.2. The molecule has 1 atom stereocenters. The molecule has 0 aliphatic carbocycles. The van der Waals surface area contributed by atoms with Crippen LogP contribution in [0.5, 0.6) is 11.5 Å². The van der Waals surface area contributed by atoms with Gasteiger partial charge in [0.25, 0.3) is 0 Å². The fourth-order valence-corrected chi connectivity index (χ4v) is 2.22. The lowest BCUT2D eigenvalue weighted by molar-refractivity contribution is -0.139. The zero-order valence-corrected chi connectivity index (χ0v) is 13.7. The van der Waals surface area contributed by atoms with E-state index in [4.69, 9.17) is 4.74 Å². The van der Waals surface area contributed by atoms with Crippen LogP contribution in [-0.2, 0) is 16.0 Å². The van der Waals surface area contributed by atoms with Crippen LogP contribution < -0.4 is 5.32 Å². The average Bonchev–Trinajstić information content (AvgIpc) is 2.60. The molecule has 0 saturated carbocycles. The van der Waals surface area contributed by atoms with Crippen LogP contribution in [0.1, 0.15) is 15.9 Å². The van der Waals surface area contributed by atoms with Crippen molar-refractivity contribution in [1.82, 2.24) is 5.32 Å². The molecular weight excluding hydrogens is 345 g/mol. The van der Waals surface area contributed by atoms with E-state index in [2.05, 4.69) is 5.32 Å². The van der Waals surface area contributed by atoms with Crippen LogP contribution in [-0.4, -0.2) is 46.5 Å². The number of hydrogen-bond acceptors (Lipinski definition) is 6. The molecule has 0 spiro atoms. The molecule has 0 bridgehead atoms. The number of carboxylic acid groups (broad SMARTS) is 1. The van der Waals surface area contributed by atoms with Crippen molar-refractivity contribution in [3.05, 3.63) is 59.4 Å². The minimum atomic E-state index is -1.11. The molecule has 138 valence electrons. The zero-order chi connectivity index (χ0) is 19.1. The number of esters is 1. The third kappa shape index (κ3) is 5.45. The van der Waals surface area contributed by atoms with Gasteiger partial charge in [0.1, 0.15) is 18.5 Å². The normalized spacial score (nSPS) is 11.7. The van der Waals surface area contributed by atoms with E-state index in [9.17, 15) is 29.3 Å². The Bertz CT molecular complexity index is 778. The van der Waals surface area contributed by atoms with Crippen LogP contribution >= 0.6 is 0 Å². The summed E-state index contributed by atoms with van der Waals surface area (Å²) in [5, 5.41) is 30.7. The van der Waals surface area contributed by atoms with Gasteiger partial charge in [-0.3, -0.25) is 4.79 Å². The van der Waals surface area contributed by atoms with Crippen molar-refractivity contribution in [3.63, 3.8) is 0 Å². The van der Waals surface area contributed by atoms with E-state index in [1.807, 2.05) is 0 Å². The Kier molecular flexibility index (Phi) is 6.51. The van der Waals surface area contributed by atoms with Gasteiger partial charge in [0.15, 0.2) is 11.5 Å².